The molecule has 25 heavy (non-hydrogen) atoms. The van der Waals surface area contributed by atoms with E-state index in [1.165, 1.54) is 17.0 Å². The quantitative estimate of drug-likeness (QED) is 0.683. The number of benzene rings is 2. The molecule has 1 aromatic heterocycles. The maximum atomic E-state index is 12.6. The van der Waals surface area contributed by atoms with E-state index < -0.39 is 15.1 Å². The van der Waals surface area contributed by atoms with Gasteiger partial charge >= 0.3 is 0 Å². The van der Waals surface area contributed by atoms with Gasteiger partial charge in [-0.05, 0) is 42.5 Å². The van der Waals surface area contributed by atoms with Crippen LogP contribution in [0, 0.1) is 0 Å². The summed E-state index contributed by atoms with van der Waals surface area (Å²) in [6.45, 7) is 0.355. The molecule has 1 saturated heterocycles. The molecule has 128 valence electrons. The molecular weight excluding hydrogens is 382 g/mol. The van der Waals surface area contributed by atoms with Gasteiger partial charge in [-0.3, -0.25) is 4.79 Å². The monoisotopic (exact) mass is 393 g/mol. The Labute approximate surface area is 153 Å². The summed E-state index contributed by atoms with van der Waals surface area (Å²) in [6, 6.07) is 11.2. The van der Waals surface area contributed by atoms with Gasteiger partial charge in [0.05, 0.1) is 16.6 Å². The zero-order chi connectivity index (χ0) is 17.6. The molecule has 1 amide bonds. The second kappa shape index (κ2) is 6.05. The minimum atomic E-state index is -3.47. The second-order valence-electron chi connectivity index (χ2n) is 5.80. The summed E-state index contributed by atoms with van der Waals surface area (Å²) < 4.78 is 33.4. The zero-order valence-corrected chi connectivity index (χ0v) is 15.2. The SMILES string of the molecule is O=C(c1ccc2nsnc2c1)N1CC(S(=O)(=O)c2ccc(Cl)cc2)C1. The van der Waals surface area contributed by atoms with Crippen molar-refractivity contribution in [2.75, 3.05) is 13.1 Å². The number of carbonyl (C=O) groups excluding carboxylic acids is 1. The number of sulfone groups is 1. The lowest BCUT2D eigenvalue weighted by molar-refractivity contribution is 0.0659. The van der Waals surface area contributed by atoms with Crippen LogP contribution in [0.15, 0.2) is 47.4 Å². The van der Waals surface area contributed by atoms with Crippen LogP contribution in [-0.4, -0.2) is 46.3 Å². The van der Waals surface area contributed by atoms with Crippen LogP contribution in [0.4, 0.5) is 0 Å². The predicted molar refractivity (Wildman–Crippen MR) is 95.7 cm³/mol. The van der Waals surface area contributed by atoms with Crippen molar-refractivity contribution >= 4 is 50.1 Å². The van der Waals surface area contributed by atoms with E-state index in [0.29, 0.717) is 16.1 Å². The Balaban J connectivity index is 1.49. The molecule has 6 nitrogen and oxygen atoms in total. The molecule has 2 heterocycles. The van der Waals surface area contributed by atoms with Gasteiger partial charge in [-0.2, -0.15) is 8.75 Å². The topological polar surface area (TPSA) is 80.2 Å². The molecule has 0 radical (unpaired) electrons. The van der Waals surface area contributed by atoms with Gasteiger partial charge in [0, 0.05) is 23.7 Å². The number of likely N-dealkylation sites (tertiary alicyclic amines) is 1. The lowest BCUT2D eigenvalue weighted by Crippen LogP contribution is -2.56. The highest BCUT2D eigenvalue weighted by Gasteiger charge is 2.40. The highest BCUT2D eigenvalue weighted by molar-refractivity contribution is 7.92. The van der Waals surface area contributed by atoms with Gasteiger partial charge in [-0.1, -0.05) is 11.6 Å². The van der Waals surface area contributed by atoms with Crippen molar-refractivity contribution in [3.05, 3.63) is 53.1 Å². The molecule has 0 bridgehead atoms. The molecule has 0 saturated carbocycles. The maximum absolute atomic E-state index is 12.6. The number of hydrogen-bond donors (Lipinski definition) is 0. The number of aromatic nitrogens is 2. The maximum Gasteiger partial charge on any atom is 0.254 e. The standard InChI is InChI=1S/C16H12ClN3O3S2/c17-11-2-4-12(5-3-11)25(22,23)13-8-20(9-13)16(21)10-1-6-14-15(7-10)19-24-18-14/h1-7,13H,8-9H2. The third-order valence-electron chi connectivity index (χ3n) is 4.22. The van der Waals surface area contributed by atoms with E-state index in [0.717, 1.165) is 17.2 Å². The van der Waals surface area contributed by atoms with Crippen molar-refractivity contribution in [2.24, 2.45) is 0 Å². The number of carbonyl (C=O) groups is 1. The Bertz CT molecular complexity index is 1060. The molecule has 0 aliphatic carbocycles. The number of nitrogens with zero attached hydrogens (tertiary/aromatic N) is 3. The fraction of sp³-hybridized carbons (Fsp3) is 0.188. The van der Waals surface area contributed by atoms with Crippen LogP contribution in [0.5, 0.6) is 0 Å². The van der Waals surface area contributed by atoms with Crippen LogP contribution in [0.2, 0.25) is 5.02 Å². The molecular formula is C16H12ClN3O3S2. The van der Waals surface area contributed by atoms with Crippen LogP contribution < -0.4 is 0 Å². The molecule has 1 aliphatic rings. The fourth-order valence-electron chi connectivity index (χ4n) is 2.71. The van der Waals surface area contributed by atoms with Crippen molar-refractivity contribution in [2.45, 2.75) is 10.1 Å². The van der Waals surface area contributed by atoms with Crippen molar-refractivity contribution in [1.29, 1.82) is 0 Å². The Morgan fingerprint density at radius 3 is 2.48 bits per heavy atom. The average molecular weight is 394 g/mol. The minimum absolute atomic E-state index is 0.178. The van der Waals surface area contributed by atoms with E-state index >= 15 is 0 Å². The summed E-state index contributed by atoms with van der Waals surface area (Å²) in [5, 5.41) is -0.112. The molecule has 4 rings (SSSR count). The molecule has 0 atom stereocenters. The lowest BCUT2D eigenvalue weighted by Gasteiger charge is -2.38. The first-order chi connectivity index (χ1) is 11.9. The van der Waals surface area contributed by atoms with E-state index in [9.17, 15) is 13.2 Å². The molecule has 0 N–H and O–H groups in total. The zero-order valence-electron chi connectivity index (χ0n) is 12.8. The Morgan fingerprint density at radius 2 is 1.76 bits per heavy atom. The Kier molecular flexibility index (Phi) is 3.98. The summed E-state index contributed by atoms with van der Waals surface area (Å²) in [5.74, 6) is -0.197. The summed E-state index contributed by atoms with van der Waals surface area (Å²) in [4.78, 5) is 14.3. The first kappa shape index (κ1) is 16.4. The molecule has 9 heteroatoms. The van der Waals surface area contributed by atoms with Crippen LogP contribution in [0.1, 0.15) is 10.4 Å². The van der Waals surface area contributed by atoms with Crippen molar-refractivity contribution in [3.8, 4) is 0 Å². The van der Waals surface area contributed by atoms with Crippen molar-refractivity contribution in [1.82, 2.24) is 13.6 Å². The molecule has 1 aliphatic heterocycles. The van der Waals surface area contributed by atoms with Gasteiger partial charge in [0.15, 0.2) is 9.84 Å². The number of halogens is 1. The predicted octanol–water partition coefficient (Wildman–Crippen LogP) is 2.64. The first-order valence-electron chi connectivity index (χ1n) is 7.46. The summed E-state index contributed by atoms with van der Waals surface area (Å²) in [5.41, 5.74) is 1.90. The first-order valence-corrected chi connectivity index (χ1v) is 10.1. The number of fused-ring (bicyclic) bond motifs is 1. The van der Waals surface area contributed by atoms with Gasteiger partial charge in [-0.25, -0.2) is 8.42 Å². The molecule has 0 spiro atoms. The van der Waals surface area contributed by atoms with Gasteiger partial charge in [0.1, 0.15) is 16.3 Å². The van der Waals surface area contributed by atoms with E-state index in [1.807, 2.05) is 0 Å². The lowest BCUT2D eigenvalue weighted by atomic mass is 10.1. The summed E-state index contributed by atoms with van der Waals surface area (Å²) >= 11 is 6.89. The number of hydrogen-bond acceptors (Lipinski definition) is 6. The molecule has 1 fully saturated rings. The van der Waals surface area contributed by atoms with Gasteiger partial charge in [-0.15, -0.1) is 0 Å². The highest BCUT2D eigenvalue weighted by Crippen LogP contribution is 2.26. The largest absolute Gasteiger partial charge is 0.336 e. The van der Waals surface area contributed by atoms with Gasteiger partial charge < -0.3 is 4.90 Å². The number of rotatable bonds is 3. The Morgan fingerprint density at radius 1 is 1.08 bits per heavy atom. The van der Waals surface area contributed by atoms with Crippen LogP contribution in [0.3, 0.4) is 0 Å². The van der Waals surface area contributed by atoms with Crippen molar-refractivity contribution in [3.63, 3.8) is 0 Å². The number of amides is 1. The molecule has 2 aromatic carbocycles. The van der Waals surface area contributed by atoms with Gasteiger partial charge in [0.2, 0.25) is 0 Å². The van der Waals surface area contributed by atoms with Crippen LogP contribution in [0.25, 0.3) is 11.0 Å². The van der Waals surface area contributed by atoms with Crippen LogP contribution in [-0.2, 0) is 9.84 Å². The fourth-order valence-corrected chi connectivity index (χ4v) is 5.01. The second-order valence-corrected chi connectivity index (χ2v) is 8.99. The van der Waals surface area contributed by atoms with E-state index in [1.54, 1.807) is 30.3 Å². The summed E-state index contributed by atoms with van der Waals surface area (Å²) in [7, 11) is -3.47. The third-order valence-corrected chi connectivity index (χ3v) is 7.13. The van der Waals surface area contributed by atoms with Crippen LogP contribution >= 0.6 is 23.3 Å². The Hall–Kier alpha value is -2.03. The van der Waals surface area contributed by atoms with E-state index in [-0.39, 0.29) is 23.9 Å². The molecule has 0 unspecified atom stereocenters. The summed E-state index contributed by atoms with van der Waals surface area (Å²) in [6.07, 6.45) is 0. The third kappa shape index (κ3) is 2.90. The van der Waals surface area contributed by atoms with Crippen molar-refractivity contribution < 1.29 is 13.2 Å². The average Bonchev–Trinajstić information content (AvgIpc) is 3.01. The minimum Gasteiger partial charge on any atom is -0.336 e. The van der Waals surface area contributed by atoms with E-state index in [2.05, 4.69) is 8.75 Å². The normalized spacial score (nSPS) is 15.3. The van der Waals surface area contributed by atoms with Gasteiger partial charge in [0.25, 0.3) is 5.91 Å². The smallest absolute Gasteiger partial charge is 0.254 e. The van der Waals surface area contributed by atoms with E-state index in [4.69, 9.17) is 11.6 Å². The highest BCUT2D eigenvalue weighted by atomic mass is 35.5. The molecule has 3 aromatic rings.